The van der Waals surface area contributed by atoms with Gasteiger partial charge in [-0.3, -0.25) is 9.52 Å². The molecular formula is C21H23ClN2O4S. The van der Waals surface area contributed by atoms with Gasteiger partial charge in [-0.1, -0.05) is 25.4 Å². The Hall–Kier alpha value is -2.51. The predicted octanol–water partition coefficient (Wildman–Crippen LogP) is 5.07. The van der Waals surface area contributed by atoms with Gasteiger partial charge >= 0.3 is 0 Å². The van der Waals surface area contributed by atoms with Crippen LogP contribution in [0.15, 0.2) is 41.0 Å². The van der Waals surface area contributed by atoms with Crippen molar-refractivity contribution in [3.05, 3.63) is 58.3 Å². The molecule has 0 spiro atoms. The van der Waals surface area contributed by atoms with Crippen molar-refractivity contribution < 1.29 is 17.6 Å². The van der Waals surface area contributed by atoms with Crippen molar-refractivity contribution in [1.29, 1.82) is 0 Å². The largest absolute Gasteiger partial charge is 0.464 e. The third-order valence-electron chi connectivity index (χ3n) is 4.56. The number of amides is 1. The number of anilines is 2. The lowest BCUT2D eigenvalue weighted by Crippen LogP contribution is -2.14. The number of rotatable bonds is 6. The van der Waals surface area contributed by atoms with E-state index in [-0.39, 0.29) is 23.0 Å². The van der Waals surface area contributed by atoms with Crippen LogP contribution in [0.2, 0.25) is 5.02 Å². The van der Waals surface area contributed by atoms with Crippen LogP contribution in [0.4, 0.5) is 11.4 Å². The quantitative estimate of drug-likeness (QED) is 0.566. The SMILES string of the molecule is Cc1cc2occ(CC(=O)Nc3ccc(NS(C)(=O)=O)c(Cl)c3)c2cc1C(C)C. The average molecular weight is 435 g/mol. The van der Waals surface area contributed by atoms with E-state index in [1.807, 2.05) is 6.07 Å². The highest BCUT2D eigenvalue weighted by Crippen LogP contribution is 2.30. The van der Waals surface area contributed by atoms with Crippen LogP contribution >= 0.6 is 11.6 Å². The molecule has 0 atom stereocenters. The number of benzene rings is 2. The molecule has 1 aromatic heterocycles. The lowest BCUT2D eigenvalue weighted by atomic mass is 9.95. The van der Waals surface area contributed by atoms with Gasteiger partial charge < -0.3 is 9.73 Å². The molecule has 2 N–H and O–H groups in total. The van der Waals surface area contributed by atoms with Crippen molar-refractivity contribution in [1.82, 2.24) is 0 Å². The third kappa shape index (κ3) is 5.10. The minimum atomic E-state index is -3.44. The van der Waals surface area contributed by atoms with Crippen LogP contribution in [0, 0.1) is 6.92 Å². The highest BCUT2D eigenvalue weighted by atomic mass is 35.5. The molecule has 8 heteroatoms. The van der Waals surface area contributed by atoms with E-state index in [9.17, 15) is 13.2 Å². The Balaban J connectivity index is 1.77. The molecule has 0 saturated carbocycles. The summed E-state index contributed by atoms with van der Waals surface area (Å²) in [5.41, 5.74) is 4.68. The molecule has 154 valence electrons. The first-order valence-corrected chi connectivity index (χ1v) is 11.4. The minimum Gasteiger partial charge on any atom is -0.464 e. The van der Waals surface area contributed by atoms with E-state index in [1.165, 1.54) is 17.7 Å². The predicted molar refractivity (Wildman–Crippen MR) is 117 cm³/mol. The molecule has 2 aromatic carbocycles. The van der Waals surface area contributed by atoms with Crippen molar-refractivity contribution >= 4 is 49.9 Å². The second kappa shape index (κ2) is 8.08. The van der Waals surface area contributed by atoms with Crippen molar-refractivity contribution in [3.8, 4) is 0 Å². The zero-order valence-corrected chi connectivity index (χ0v) is 18.2. The Morgan fingerprint density at radius 2 is 1.93 bits per heavy atom. The lowest BCUT2D eigenvalue weighted by Gasteiger charge is -2.11. The fraction of sp³-hybridized carbons (Fsp3) is 0.286. The van der Waals surface area contributed by atoms with Gasteiger partial charge in [0.1, 0.15) is 5.58 Å². The van der Waals surface area contributed by atoms with Gasteiger partial charge in [-0.25, -0.2) is 8.42 Å². The molecule has 0 aliphatic heterocycles. The number of aryl methyl sites for hydroxylation is 1. The maximum Gasteiger partial charge on any atom is 0.229 e. The van der Waals surface area contributed by atoms with Crippen molar-refractivity contribution in [2.24, 2.45) is 0 Å². The molecule has 3 rings (SSSR count). The summed E-state index contributed by atoms with van der Waals surface area (Å²) < 4.78 is 30.6. The Morgan fingerprint density at radius 1 is 1.21 bits per heavy atom. The van der Waals surface area contributed by atoms with Crippen LogP contribution < -0.4 is 10.0 Å². The van der Waals surface area contributed by atoms with Gasteiger partial charge in [0.05, 0.1) is 29.6 Å². The number of carbonyl (C=O) groups is 1. The molecule has 0 fully saturated rings. The summed E-state index contributed by atoms with van der Waals surface area (Å²) in [6, 6.07) is 8.68. The Labute approximate surface area is 175 Å². The van der Waals surface area contributed by atoms with E-state index >= 15 is 0 Å². The molecule has 6 nitrogen and oxygen atoms in total. The lowest BCUT2D eigenvalue weighted by molar-refractivity contribution is -0.115. The molecular weight excluding hydrogens is 412 g/mol. The molecule has 0 aliphatic rings. The summed E-state index contributed by atoms with van der Waals surface area (Å²) in [7, 11) is -3.44. The van der Waals surface area contributed by atoms with E-state index in [1.54, 1.807) is 12.3 Å². The molecule has 0 bridgehead atoms. The van der Waals surface area contributed by atoms with E-state index in [0.29, 0.717) is 11.6 Å². The number of hydrogen-bond acceptors (Lipinski definition) is 4. The Kier molecular flexibility index (Phi) is 5.91. The van der Waals surface area contributed by atoms with Crippen LogP contribution in [0.1, 0.15) is 36.5 Å². The summed E-state index contributed by atoms with van der Waals surface area (Å²) in [5.74, 6) is 0.149. The topological polar surface area (TPSA) is 88.4 Å². The summed E-state index contributed by atoms with van der Waals surface area (Å²) in [6.45, 7) is 6.31. The van der Waals surface area contributed by atoms with Crippen LogP contribution in [-0.2, 0) is 21.2 Å². The molecule has 1 heterocycles. The first-order chi connectivity index (χ1) is 13.5. The van der Waals surface area contributed by atoms with E-state index in [2.05, 4.69) is 36.9 Å². The van der Waals surface area contributed by atoms with E-state index in [4.69, 9.17) is 16.0 Å². The molecule has 0 saturated heterocycles. The first kappa shape index (κ1) is 21.2. The number of carbonyl (C=O) groups excluding carboxylic acids is 1. The number of fused-ring (bicyclic) bond motifs is 1. The maximum atomic E-state index is 12.5. The Bertz CT molecular complexity index is 1180. The van der Waals surface area contributed by atoms with Gasteiger partial charge in [0.25, 0.3) is 0 Å². The molecule has 0 unspecified atom stereocenters. The fourth-order valence-corrected chi connectivity index (χ4v) is 4.12. The van der Waals surface area contributed by atoms with Gasteiger partial charge in [0, 0.05) is 16.6 Å². The smallest absolute Gasteiger partial charge is 0.229 e. The monoisotopic (exact) mass is 434 g/mol. The summed E-state index contributed by atoms with van der Waals surface area (Å²) in [6.07, 6.45) is 2.80. The van der Waals surface area contributed by atoms with Gasteiger partial charge in [-0.05, 0) is 54.3 Å². The summed E-state index contributed by atoms with van der Waals surface area (Å²) in [5, 5.41) is 3.91. The normalized spacial score (nSPS) is 11.8. The minimum absolute atomic E-state index is 0.147. The molecule has 3 aromatic rings. The van der Waals surface area contributed by atoms with Crippen molar-refractivity contribution in [2.75, 3.05) is 16.3 Å². The number of sulfonamides is 1. The zero-order valence-electron chi connectivity index (χ0n) is 16.7. The van der Waals surface area contributed by atoms with Gasteiger partial charge in [-0.2, -0.15) is 0 Å². The van der Waals surface area contributed by atoms with Gasteiger partial charge in [0.15, 0.2) is 0 Å². The molecule has 0 radical (unpaired) electrons. The number of nitrogens with one attached hydrogen (secondary N) is 2. The van der Waals surface area contributed by atoms with Crippen LogP contribution in [0.3, 0.4) is 0 Å². The van der Waals surface area contributed by atoms with Crippen LogP contribution in [0.25, 0.3) is 11.0 Å². The second-order valence-electron chi connectivity index (χ2n) is 7.41. The highest BCUT2D eigenvalue weighted by Gasteiger charge is 2.15. The summed E-state index contributed by atoms with van der Waals surface area (Å²) >= 11 is 6.11. The molecule has 0 aliphatic carbocycles. The van der Waals surface area contributed by atoms with Crippen LogP contribution in [-0.4, -0.2) is 20.6 Å². The standard InChI is InChI=1S/C21H23ClN2O4S/c1-12(2)16-10-17-14(11-28-20(17)7-13(16)3)8-21(25)23-15-5-6-19(18(22)9-15)24-29(4,26)27/h5-7,9-12,24H,8H2,1-4H3,(H,23,25). The average Bonchev–Trinajstić information content (AvgIpc) is 2.97. The molecule has 1 amide bonds. The fourth-order valence-electron chi connectivity index (χ4n) is 3.26. The summed E-state index contributed by atoms with van der Waals surface area (Å²) in [4.78, 5) is 12.5. The van der Waals surface area contributed by atoms with Gasteiger partial charge in [0.2, 0.25) is 15.9 Å². The number of hydrogen-bond donors (Lipinski definition) is 2. The third-order valence-corrected chi connectivity index (χ3v) is 5.47. The van der Waals surface area contributed by atoms with Gasteiger partial charge in [-0.15, -0.1) is 0 Å². The number of halogens is 1. The van der Waals surface area contributed by atoms with E-state index < -0.39 is 10.0 Å². The molecule has 29 heavy (non-hydrogen) atoms. The highest BCUT2D eigenvalue weighted by molar-refractivity contribution is 7.92. The van der Waals surface area contributed by atoms with Crippen molar-refractivity contribution in [2.45, 2.75) is 33.1 Å². The Morgan fingerprint density at radius 3 is 2.55 bits per heavy atom. The van der Waals surface area contributed by atoms with E-state index in [0.717, 1.165) is 28.4 Å². The second-order valence-corrected chi connectivity index (χ2v) is 9.57. The van der Waals surface area contributed by atoms with Crippen molar-refractivity contribution in [3.63, 3.8) is 0 Å². The maximum absolute atomic E-state index is 12.5. The first-order valence-electron chi connectivity index (χ1n) is 9.11. The van der Waals surface area contributed by atoms with Crippen LogP contribution in [0.5, 0.6) is 0 Å². The zero-order chi connectivity index (χ0) is 21.3. The number of furan rings is 1.